The molecule has 0 radical (unpaired) electrons. The molecule has 0 bridgehead atoms. The third-order valence-electron chi connectivity index (χ3n) is 5.11. The van der Waals surface area contributed by atoms with E-state index in [0.29, 0.717) is 28.5 Å². The number of hydrogen-bond acceptors (Lipinski definition) is 7. The number of amides is 1. The fraction of sp³-hybridized carbons (Fsp3) is 0.217. The first kappa shape index (κ1) is 23.3. The van der Waals surface area contributed by atoms with Crippen LogP contribution in [0.25, 0.3) is 5.69 Å². The van der Waals surface area contributed by atoms with Gasteiger partial charge >= 0.3 is 0 Å². The van der Waals surface area contributed by atoms with Gasteiger partial charge in [-0.1, -0.05) is 0 Å². The summed E-state index contributed by atoms with van der Waals surface area (Å²) in [4.78, 5) is 23.1. The maximum Gasteiger partial charge on any atom is 0.275 e. The molecule has 3 aromatic rings. The fourth-order valence-corrected chi connectivity index (χ4v) is 3.46. The van der Waals surface area contributed by atoms with Crippen molar-refractivity contribution in [1.29, 1.82) is 0 Å². The van der Waals surface area contributed by atoms with Gasteiger partial charge in [-0.05, 0) is 38.1 Å². The van der Waals surface area contributed by atoms with Crippen molar-refractivity contribution in [2.24, 2.45) is 5.10 Å². The molecular weight excluding hydrogens is 428 g/mol. The van der Waals surface area contributed by atoms with Crippen molar-refractivity contribution in [2.45, 2.75) is 13.8 Å². The number of carbonyl (C=O) groups is 1. The van der Waals surface area contributed by atoms with Gasteiger partial charge < -0.3 is 18.8 Å². The van der Waals surface area contributed by atoms with E-state index in [1.54, 1.807) is 24.3 Å². The number of hydrazone groups is 1. The molecule has 1 amide bonds. The van der Waals surface area contributed by atoms with Crippen molar-refractivity contribution in [3.05, 3.63) is 75.1 Å². The van der Waals surface area contributed by atoms with E-state index in [9.17, 15) is 14.9 Å². The molecule has 0 saturated carbocycles. The lowest BCUT2D eigenvalue weighted by molar-refractivity contribution is -0.384. The van der Waals surface area contributed by atoms with E-state index < -0.39 is 10.8 Å². The van der Waals surface area contributed by atoms with Gasteiger partial charge in [-0.25, -0.2) is 5.43 Å². The number of aromatic nitrogens is 1. The van der Waals surface area contributed by atoms with E-state index >= 15 is 0 Å². The predicted molar refractivity (Wildman–Crippen MR) is 123 cm³/mol. The second-order valence-corrected chi connectivity index (χ2v) is 7.04. The summed E-state index contributed by atoms with van der Waals surface area (Å²) in [5, 5.41) is 15.2. The number of nitrogens with one attached hydrogen (secondary N) is 1. The SMILES string of the molecule is COc1ccc(C(=O)NN=Cc2cc(C)n(-c3ccc([N+](=O)[O-])cc3OC)c2C)c(OC)c1. The summed E-state index contributed by atoms with van der Waals surface area (Å²) < 4.78 is 17.7. The molecule has 1 N–H and O–H groups in total. The number of benzene rings is 2. The van der Waals surface area contributed by atoms with Crippen LogP contribution >= 0.6 is 0 Å². The van der Waals surface area contributed by atoms with Crippen LogP contribution in [0.4, 0.5) is 5.69 Å². The van der Waals surface area contributed by atoms with E-state index in [2.05, 4.69) is 10.5 Å². The average Bonchev–Trinajstić information content (AvgIpc) is 3.10. The standard InChI is InChI=1S/C23H24N4O6/c1-14-10-16(13-24-25-23(28)19-8-7-18(31-3)12-21(19)32-4)15(2)26(14)20-9-6-17(27(29)30)11-22(20)33-5/h6-13H,1-5H3,(H,25,28). The highest BCUT2D eigenvalue weighted by molar-refractivity contribution is 5.97. The number of ether oxygens (including phenoxy) is 3. The summed E-state index contributed by atoms with van der Waals surface area (Å²) in [6.07, 6.45) is 1.53. The number of nitro groups is 1. The molecule has 33 heavy (non-hydrogen) atoms. The van der Waals surface area contributed by atoms with Crippen LogP contribution in [0.3, 0.4) is 0 Å². The number of carbonyl (C=O) groups excluding carboxylic acids is 1. The van der Waals surface area contributed by atoms with Crippen LogP contribution in [0.2, 0.25) is 0 Å². The van der Waals surface area contributed by atoms with Gasteiger partial charge in [-0.15, -0.1) is 0 Å². The van der Waals surface area contributed by atoms with E-state index in [1.165, 1.54) is 39.7 Å². The summed E-state index contributed by atoms with van der Waals surface area (Å²) in [6, 6.07) is 11.2. The molecule has 10 nitrogen and oxygen atoms in total. The normalized spacial score (nSPS) is 10.8. The van der Waals surface area contributed by atoms with Crippen LogP contribution in [0.15, 0.2) is 47.6 Å². The lowest BCUT2D eigenvalue weighted by Crippen LogP contribution is -2.18. The van der Waals surface area contributed by atoms with Gasteiger partial charge in [0.2, 0.25) is 0 Å². The maximum absolute atomic E-state index is 12.5. The van der Waals surface area contributed by atoms with Crippen molar-refractivity contribution < 1.29 is 23.9 Å². The first-order valence-electron chi connectivity index (χ1n) is 9.87. The largest absolute Gasteiger partial charge is 0.497 e. The molecule has 0 aliphatic rings. The Kier molecular flexibility index (Phi) is 6.97. The molecule has 0 fully saturated rings. The summed E-state index contributed by atoms with van der Waals surface area (Å²) in [7, 11) is 4.46. The van der Waals surface area contributed by atoms with Crippen molar-refractivity contribution in [3.63, 3.8) is 0 Å². The first-order valence-corrected chi connectivity index (χ1v) is 9.87. The van der Waals surface area contributed by atoms with Gasteiger partial charge in [0.1, 0.15) is 17.2 Å². The van der Waals surface area contributed by atoms with Gasteiger partial charge in [0.05, 0.1) is 49.8 Å². The van der Waals surface area contributed by atoms with Crippen LogP contribution in [0, 0.1) is 24.0 Å². The number of non-ortho nitro benzene ring substituents is 1. The fourth-order valence-electron chi connectivity index (χ4n) is 3.46. The molecular formula is C23H24N4O6. The van der Waals surface area contributed by atoms with Crippen LogP contribution in [-0.4, -0.2) is 42.9 Å². The molecule has 10 heteroatoms. The van der Waals surface area contributed by atoms with Gasteiger partial charge in [0.25, 0.3) is 11.6 Å². The summed E-state index contributed by atoms with van der Waals surface area (Å²) in [6.45, 7) is 3.77. The molecule has 172 valence electrons. The van der Waals surface area contributed by atoms with Crippen LogP contribution in [0.5, 0.6) is 17.2 Å². The number of rotatable bonds is 8. The molecule has 0 atom stereocenters. The summed E-state index contributed by atoms with van der Waals surface area (Å²) >= 11 is 0. The highest BCUT2D eigenvalue weighted by atomic mass is 16.6. The van der Waals surface area contributed by atoms with Gasteiger partial charge in [0, 0.05) is 29.1 Å². The Morgan fingerprint density at radius 3 is 2.39 bits per heavy atom. The van der Waals surface area contributed by atoms with Crippen molar-refractivity contribution >= 4 is 17.8 Å². The maximum atomic E-state index is 12.5. The second-order valence-electron chi connectivity index (χ2n) is 7.04. The Labute approximate surface area is 190 Å². The van der Waals surface area contributed by atoms with Crippen LogP contribution in [0.1, 0.15) is 27.3 Å². The molecule has 1 heterocycles. The zero-order chi connectivity index (χ0) is 24.1. The zero-order valence-electron chi connectivity index (χ0n) is 18.9. The number of nitro benzene ring substituents is 1. The molecule has 0 unspecified atom stereocenters. The topological polar surface area (TPSA) is 117 Å². The number of methoxy groups -OCH3 is 3. The molecule has 0 aliphatic carbocycles. The smallest absolute Gasteiger partial charge is 0.275 e. The van der Waals surface area contributed by atoms with Crippen molar-refractivity contribution in [3.8, 4) is 22.9 Å². The summed E-state index contributed by atoms with van der Waals surface area (Å²) in [5.41, 5.74) is 5.86. The molecule has 3 rings (SSSR count). The lowest BCUT2D eigenvalue weighted by Gasteiger charge is -2.13. The monoisotopic (exact) mass is 452 g/mol. The van der Waals surface area contributed by atoms with Crippen LogP contribution in [-0.2, 0) is 0 Å². The van der Waals surface area contributed by atoms with Crippen molar-refractivity contribution in [2.75, 3.05) is 21.3 Å². The Bertz CT molecular complexity index is 1230. The Balaban J connectivity index is 1.85. The predicted octanol–water partition coefficient (Wildman–Crippen LogP) is 3.79. The quantitative estimate of drug-likeness (QED) is 0.316. The highest BCUT2D eigenvalue weighted by Crippen LogP contribution is 2.31. The van der Waals surface area contributed by atoms with Gasteiger partial charge in [-0.2, -0.15) is 5.10 Å². The number of aryl methyl sites for hydroxylation is 1. The van der Waals surface area contributed by atoms with Crippen molar-refractivity contribution in [1.82, 2.24) is 9.99 Å². The minimum absolute atomic E-state index is 0.0588. The highest BCUT2D eigenvalue weighted by Gasteiger charge is 2.17. The van der Waals surface area contributed by atoms with E-state index in [-0.39, 0.29) is 5.69 Å². The molecule has 1 aromatic heterocycles. The first-order chi connectivity index (χ1) is 15.8. The third kappa shape index (κ3) is 4.79. The van der Waals surface area contributed by atoms with Gasteiger partial charge in [0.15, 0.2) is 0 Å². The third-order valence-corrected chi connectivity index (χ3v) is 5.11. The van der Waals surface area contributed by atoms with E-state index in [1.807, 2.05) is 24.5 Å². The number of nitrogens with zero attached hydrogens (tertiary/aromatic N) is 3. The summed E-state index contributed by atoms with van der Waals surface area (Å²) in [5.74, 6) is 0.873. The van der Waals surface area contributed by atoms with E-state index in [0.717, 1.165) is 17.0 Å². The molecule has 2 aromatic carbocycles. The Morgan fingerprint density at radius 2 is 1.76 bits per heavy atom. The average molecular weight is 452 g/mol. The minimum atomic E-state index is -0.472. The lowest BCUT2D eigenvalue weighted by atomic mass is 10.2. The van der Waals surface area contributed by atoms with Gasteiger partial charge in [-0.3, -0.25) is 14.9 Å². The number of hydrogen-bond donors (Lipinski definition) is 1. The molecule has 0 aliphatic heterocycles. The molecule has 0 saturated heterocycles. The molecule has 0 spiro atoms. The Hall–Kier alpha value is -4.34. The Morgan fingerprint density at radius 1 is 1.03 bits per heavy atom. The second kappa shape index (κ2) is 9.86. The van der Waals surface area contributed by atoms with E-state index in [4.69, 9.17) is 14.2 Å². The van der Waals surface area contributed by atoms with Crippen LogP contribution < -0.4 is 19.6 Å². The minimum Gasteiger partial charge on any atom is -0.497 e. The zero-order valence-corrected chi connectivity index (χ0v) is 18.9.